The Kier molecular flexibility index (Phi) is 17.7. The van der Waals surface area contributed by atoms with Crippen LogP contribution in [0.3, 0.4) is 0 Å². The van der Waals surface area contributed by atoms with Crippen LogP contribution in [0.25, 0.3) is 0 Å². The second kappa shape index (κ2) is 21.3. The van der Waals surface area contributed by atoms with Crippen LogP contribution >= 0.6 is 38.5 Å². The Bertz CT molecular complexity index is 2070. The van der Waals surface area contributed by atoms with E-state index in [4.69, 9.17) is 9.31 Å². The third-order valence-electron chi connectivity index (χ3n) is 11.3. The van der Waals surface area contributed by atoms with Crippen molar-refractivity contribution in [2.45, 2.75) is 70.9 Å². The van der Waals surface area contributed by atoms with Crippen molar-refractivity contribution < 1.29 is 54.6 Å². The molecule has 0 saturated carbocycles. The highest BCUT2D eigenvalue weighted by Crippen LogP contribution is 2.38. The minimum Gasteiger partial charge on any atom is -0.399 e. The summed E-state index contributed by atoms with van der Waals surface area (Å²) in [6, 6.07) is 22.0. The molecule has 0 bridgehead atoms. The van der Waals surface area contributed by atoms with E-state index >= 15 is 0 Å². The zero-order valence-electron chi connectivity index (χ0n) is 34.8. The molecule has 3 aliphatic rings. The van der Waals surface area contributed by atoms with Gasteiger partial charge in [-0.1, -0.05) is 58.1 Å². The number of aliphatic hydroxyl groups excluding tert-OH is 2. The third-order valence-corrected chi connectivity index (χ3v) is 11.9. The van der Waals surface area contributed by atoms with Gasteiger partial charge in [0, 0.05) is 79.6 Å². The number of hydrogen-bond donors (Lipinski definition) is 2. The minimum absolute atomic E-state index is 0. The third kappa shape index (κ3) is 13.1. The smallest absolute Gasteiger partial charge is 0.399 e. The summed E-state index contributed by atoms with van der Waals surface area (Å²) in [4.78, 5) is 9.94. The van der Waals surface area contributed by atoms with Gasteiger partial charge in [0.05, 0.1) is 11.2 Å². The van der Waals surface area contributed by atoms with Gasteiger partial charge in [0.15, 0.2) is 12.2 Å². The topological polar surface area (TPSA) is 71.9 Å². The normalized spacial score (nSPS) is 18.4. The van der Waals surface area contributed by atoms with Gasteiger partial charge in [0.25, 0.3) is 0 Å². The van der Waals surface area contributed by atoms with Crippen LogP contribution < -0.4 is 25.1 Å². The molecule has 2 unspecified atom stereocenters. The van der Waals surface area contributed by atoms with E-state index in [9.17, 15) is 45.3 Å². The lowest BCUT2D eigenvalue weighted by molar-refractivity contribution is -0.207. The fourth-order valence-corrected chi connectivity index (χ4v) is 7.43. The van der Waals surface area contributed by atoms with Crippen LogP contribution in [0, 0.1) is 11.6 Å². The summed E-state index contributed by atoms with van der Waals surface area (Å²) in [5, 5.41) is 18.9. The number of nitrogens with zero attached hydrogens (tertiary/aromatic N) is 4. The van der Waals surface area contributed by atoms with E-state index in [1.165, 1.54) is 24.3 Å². The molecule has 0 spiro atoms. The Hall–Kier alpha value is -3.37. The first-order chi connectivity index (χ1) is 29.0. The zero-order valence-corrected chi connectivity index (χ0v) is 38.5. The number of aliphatic hydroxyl groups is 2. The van der Waals surface area contributed by atoms with Crippen LogP contribution in [0.5, 0.6) is 0 Å². The zero-order chi connectivity index (χ0) is 45.8. The lowest BCUT2D eigenvalue weighted by Crippen LogP contribution is -2.46. The number of piperazine rings is 2. The molecule has 0 aromatic heterocycles. The maximum atomic E-state index is 14.0. The van der Waals surface area contributed by atoms with E-state index in [1.54, 1.807) is 0 Å². The van der Waals surface area contributed by atoms with Crippen molar-refractivity contribution >= 4 is 73.9 Å². The van der Waals surface area contributed by atoms with Gasteiger partial charge in [-0.2, -0.15) is 26.3 Å². The molecule has 346 valence electrons. The molecule has 8 nitrogen and oxygen atoms in total. The highest BCUT2D eigenvalue weighted by molar-refractivity contribution is 14.1. The van der Waals surface area contributed by atoms with Crippen molar-refractivity contribution in [2.75, 3.05) is 76.9 Å². The van der Waals surface area contributed by atoms with Gasteiger partial charge >= 0.3 is 19.5 Å². The second-order valence-electron chi connectivity index (χ2n) is 16.0. The lowest BCUT2D eigenvalue weighted by atomic mass is 9.79. The average molecular weight is 1070 g/mol. The van der Waals surface area contributed by atoms with E-state index in [0.29, 0.717) is 63.7 Å². The molecule has 4 aromatic rings. The number of alkyl halides is 7. The molecule has 63 heavy (non-hydrogen) atoms. The van der Waals surface area contributed by atoms with Crippen molar-refractivity contribution in [2.24, 2.45) is 0 Å². The molecular weight excluding hydrogens is 1020 g/mol. The number of rotatable bonds is 7. The predicted octanol–water partition coefficient (Wildman–Crippen LogP) is 10.2. The van der Waals surface area contributed by atoms with E-state index in [2.05, 4.69) is 48.3 Å². The SMILES string of the molecule is C.CC1(C)OB(c2ccc(N3CCN(c4cc(F)cc(C(O)C(F)(F)F)c4)CC3)cc2)OC1(C)C.CI.OC(c1cc(F)cc(N2CCN(c3ccc(Br)cc3)CC2)c1)C(F)(F)F. The predicted molar refractivity (Wildman–Crippen MR) is 247 cm³/mol. The summed E-state index contributed by atoms with van der Waals surface area (Å²) in [6.07, 6.45) is -15.1. The van der Waals surface area contributed by atoms with Crippen LogP contribution in [0.15, 0.2) is 89.4 Å². The summed E-state index contributed by atoms with van der Waals surface area (Å²) in [5.74, 6) is -1.60. The van der Waals surface area contributed by atoms with Gasteiger partial charge in [0.1, 0.15) is 11.6 Å². The van der Waals surface area contributed by atoms with E-state index < -0.39 is 65.6 Å². The molecule has 4 aromatic carbocycles. The second-order valence-corrected chi connectivity index (χ2v) is 16.9. The molecule has 3 fully saturated rings. The first-order valence-electron chi connectivity index (χ1n) is 19.7. The summed E-state index contributed by atoms with van der Waals surface area (Å²) >= 11 is 5.54. The quantitative estimate of drug-likeness (QED) is 0.0821. The molecule has 3 heterocycles. The highest BCUT2D eigenvalue weighted by Gasteiger charge is 2.51. The van der Waals surface area contributed by atoms with Crippen LogP contribution in [-0.2, 0) is 9.31 Å². The van der Waals surface area contributed by atoms with Crippen LogP contribution in [0.4, 0.5) is 57.9 Å². The molecule has 2 N–H and O–H groups in total. The van der Waals surface area contributed by atoms with E-state index in [0.717, 1.165) is 33.4 Å². The molecule has 2 atom stereocenters. The molecule has 19 heteroatoms. The summed E-state index contributed by atoms with van der Waals surface area (Å²) in [6.45, 7) is 12.7. The summed E-state index contributed by atoms with van der Waals surface area (Å²) < 4.78 is 118. The van der Waals surface area contributed by atoms with Crippen molar-refractivity contribution in [1.29, 1.82) is 0 Å². The maximum absolute atomic E-state index is 14.0. The Labute approximate surface area is 386 Å². The molecule has 0 radical (unpaired) electrons. The average Bonchev–Trinajstić information content (AvgIpc) is 3.46. The molecule has 7 rings (SSSR count). The number of anilines is 4. The summed E-state index contributed by atoms with van der Waals surface area (Å²) in [7, 11) is -0.440. The maximum Gasteiger partial charge on any atom is 0.494 e. The van der Waals surface area contributed by atoms with Gasteiger partial charge in [-0.15, -0.1) is 0 Å². The molecule has 0 aliphatic carbocycles. The fourth-order valence-electron chi connectivity index (χ4n) is 7.17. The minimum atomic E-state index is -4.85. The summed E-state index contributed by atoms with van der Waals surface area (Å²) in [5.41, 5.74) is 1.85. The Morgan fingerprint density at radius 3 is 1.17 bits per heavy atom. The van der Waals surface area contributed by atoms with Crippen LogP contribution in [0.1, 0.15) is 58.5 Å². The van der Waals surface area contributed by atoms with Crippen molar-refractivity contribution in [3.05, 3.63) is 112 Å². The molecular formula is C44H53BBrF8IN4O4. The number of halogens is 10. The van der Waals surface area contributed by atoms with Crippen LogP contribution in [-0.4, -0.2) is 98.2 Å². The highest BCUT2D eigenvalue weighted by atomic mass is 127. The Morgan fingerprint density at radius 2 is 0.857 bits per heavy atom. The largest absolute Gasteiger partial charge is 0.494 e. The monoisotopic (exact) mass is 1070 g/mol. The van der Waals surface area contributed by atoms with Gasteiger partial charge in [-0.05, 0) is 122 Å². The van der Waals surface area contributed by atoms with Gasteiger partial charge in [-0.25, -0.2) is 8.78 Å². The fraction of sp³-hybridized carbons (Fsp3) is 0.455. The lowest BCUT2D eigenvalue weighted by Gasteiger charge is -2.37. The van der Waals surface area contributed by atoms with Gasteiger partial charge in [0.2, 0.25) is 0 Å². The standard InChI is InChI=1S/C24H29BF4N2O3.C18H17BrF4N2O.CH3I.CH4/c1-22(2)23(3,4)34-25(33-22)17-5-7-19(8-6-17)30-9-11-31(12-10-30)20-14-16(13-18(26)15-20)21(32)24(27,28)29;19-13-1-3-15(4-2-13)24-5-7-25(8-6-24)16-10-12(9-14(20)11-16)17(26)18(21,22)23;1-2;/h5-8,13-15,21,32H,9-12H2,1-4H3;1-4,9-11,17,26H,5-8H2;1H3;1H4. The Morgan fingerprint density at radius 1 is 0.556 bits per heavy atom. The van der Waals surface area contributed by atoms with Gasteiger partial charge in [-0.3, -0.25) is 0 Å². The Balaban J connectivity index is 0.000000270. The first-order valence-corrected chi connectivity index (χ1v) is 22.6. The first kappa shape index (κ1) is 52.3. The van der Waals surface area contributed by atoms with E-state index in [-0.39, 0.29) is 7.43 Å². The van der Waals surface area contributed by atoms with Gasteiger partial charge < -0.3 is 39.1 Å². The van der Waals surface area contributed by atoms with Crippen molar-refractivity contribution in [3.8, 4) is 0 Å². The number of benzene rings is 4. The van der Waals surface area contributed by atoms with Crippen molar-refractivity contribution in [1.82, 2.24) is 0 Å². The van der Waals surface area contributed by atoms with Crippen molar-refractivity contribution in [3.63, 3.8) is 0 Å². The number of hydrogen-bond acceptors (Lipinski definition) is 8. The van der Waals surface area contributed by atoms with Crippen LogP contribution in [0.2, 0.25) is 0 Å². The molecule has 0 amide bonds. The van der Waals surface area contributed by atoms with E-state index in [1.807, 2.05) is 91.0 Å². The molecule has 3 aliphatic heterocycles. The molecule has 3 saturated heterocycles.